The van der Waals surface area contributed by atoms with Gasteiger partial charge in [-0.3, -0.25) is 0 Å². The Kier molecular flexibility index (Phi) is 8.19. The van der Waals surface area contributed by atoms with Gasteiger partial charge < -0.3 is 4.42 Å². The van der Waals surface area contributed by atoms with E-state index in [0.29, 0.717) is 17.5 Å². The lowest BCUT2D eigenvalue weighted by molar-refractivity contribution is 0.575. The Labute approximate surface area is 340 Å². The highest BCUT2D eigenvalue weighted by molar-refractivity contribution is 6.26. The van der Waals surface area contributed by atoms with Gasteiger partial charge in [-0.25, -0.2) is 19.9 Å². The SMILES string of the molecule is C/C=c1\c(=C/C)oc2c(-c3ccc4c5ccccc5c5ccccc5c4c3)nc3cc(-c4ccc(-c5nc(-c6ccccc6)nc(-c6ccccc6)n5)cc4)ccc3c12. The van der Waals surface area contributed by atoms with Gasteiger partial charge in [-0.2, -0.15) is 0 Å². The number of pyridine rings is 1. The minimum atomic E-state index is 0.625. The number of fused-ring (bicyclic) bond motifs is 9. The molecule has 0 amide bonds. The Balaban J connectivity index is 1.06. The Morgan fingerprint density at radius 2 is 0.831 bits per heavy atom. The van der Waals surface area contributed by atoms with E-state index in [2.05, 4.69) is 122 Å². The summed E-state index contributed by atoms with van der Waals surface area (Å²) >= 11 is 0. The van der Waals surface area contributed by atoms with Crippen molar-refractivity contribution < 1.29 is 4.42 Å². The van der Waals surface area contributed by atoms with Crippen LogP contribution in [0.1, 0.15) is 13.8 Å². The fraction of sp³-hybridized carbons (Fsp3) is 0.0370. The van der Waals surface area contributed by atoms with Crippen LogP contribution in [0, 0.1) is 0 Å². The molecular formula is C54H36N4O. The first-order valence-corrected chi connectivity index (χ1v) is 20.0. The molecule has 3 aromatic heterocycles. The molecule has 0 saturated heterocycles. The number of aromatic nitrogens is 4. The predicted molar refractivity (Wildman–Crippen MR) is 244 cm³/mol. The monoisotopic (exact) mass is 756 g/mol. The Hall–Kier alpha value is -7.76. The highest BCUT2D eigenvalue weighted by Gasteiger charge is 2.19. The lowest BCUT2D eigenvalue weighted by Crippen LogP contribution is -2.18. The highest BCUT2D eigenvalue weighted by atomic mass is 16.3. The van der Waals surface area contributed by atoms with Gasteiger partial charge in [0.2, 0.25) is 0 Å². The minimum absolute atomic E-state index is 0.625. The molecule has 0 saturated carbocycles. The van der Waals surface area contributed by atoms with Crippen LogP contribution in [0.3, 0.4) is 0 Å². The van der Waals surface area contributed by atoms with Crippen LogP contribution in [0.2, 0.25) is 0 Å². The van der Waals surface area contributed by atoms with E-state index < -0.39 is 0 Å². The molecule has 11 rings (SSSR count). The van der Waals surface area contributed by atoms with Crippen molar-refractivity contribution in [3.63, 3.8) is 0 Å². The lowest BCUT2D eigenvalue weighted by Gasteiger charge is -2.13. The summed E-state index contributed by atoms with van der Waals surface area (Å²) in [6.07, 6.45) is 4.18. The van der Waals surface area contributed by atoms with Crippen molar-refractivity contribution in [3.05, 3.63) is 180 Å². The molecule has 0 N–H and O–H groups in total. The molecule has 11 aromatic rings. The summed E-state index contributed by atoms with van der Waals surface area (Å²) in [6.45, 7) is 4.10. The molecule has 0 unspecified atom stereocenters. The quantitative estimate of drug-likeness (QED) is 0.164. The molecule has 0 atom stereocenters. The van der Waals surface area contributed by atoms with Crippen molar-refractivity contribution in [2.24, 2.45) is 0 Å². The fourth-order valence-electron chi connectivity index (χ4n) is 8.58. The third-order valence-corrected chi connectivity index (χ3v) is 11.4. The number of furan rings is 1. The first kappa shape index (κ1) is 34.5. The Bertz CT molecular complexity index is 3460. The van der Waals surface area contributed by atoms with Crippen LogP contribution >= 0.6 is 0 Å². The van der Waals surface area contributed by atoms with Crippen molar-refractivity contribution in [3.8, 4) is 56.5 Å². The van der Waals surface area contributed by atoms with Gasteiger partial charge in [0.05, 0.1) is 5.52 Å². The molecule has 0 fully saturated rings. The molecule has 0 aliphatic heterocycles. The van der Waals surface area contributed by atoms with Crippen LogP contribution in [0.25, 0.3) is 123 Å². The molecule has 0 aliphatic carbocycles. The van der Waals surface area contributed by atoms with Crippen molar-refractivity contribution in [1.82, 2.24) is 19.9 Å². The maximum atomic E-state index is 6.68. The van der Waals surface area contributed by atoms with E-state index in [0.717, 1.165) is 71.6 Å². The molecule has 278 valence electrons. The van der Waals surface area contributed by atoms with E-state index >= 15 is 0 Å². The van der Waals surface area contributed by atoms with Crippen LogP contribution < -0.4 is 10.6 Å². The van der Waals surface area contributed by atoms with Gasteiger partial charge in [0.25, 0.3) is 0 Å². The molecule has 5 heteroatoms. The summed E-state index contributed by atoms with van der Waals surface area (Å²) in [7, 11) is 0. The van der Waals surface area contributed by atoms with Gasteiger partial charge in [-0.05, 0) is 75.5 Å². The van der Waals surface area contributed by atoms with Gasteiger partial charge >= 0.3 is 0 Å². The second-order valence-corrected chi connectivity index (χ2v) is 14.8. The number of benzene rings is 8. The van der Waals surface area contributed by atoms with Crippen LogP contribution in [0.15, 0.2) is 174 Å². The third-order valence-electron chi connectivity index (χ3n) is 11.4. The number of nitrogens with zero attached hydrogens (tertiary/aromatic N) is 4. The number of rotatable bonds is 5. The topological polar surface area (TPSA) is 64.7 Å². The second-order valence-electron chi connectivity index (χ2n) is 14.8. The van der Waals surface area contributed by atoms with Gasteiger partial charge in [-0.1, -0.05) is 164 Å². The standard InChI is InChI=1S/C54H36N4O/c1-3-39-48(4-2)59-51-49(39)45-30-27-37(32-47(45)55-50(51)38-28-29-44-42-21-12-11-19-40(42)41-20-13-14-22-43(41)46(44)31-38)33-23-25-36(26-24-33)54-57-52(34-15-7-5-8-16-34)56-53(58-54)35-17-9-6-10-18-35/h3-32H,1-2H3/b39-3+,48-4+. The van der Waals surface area contributed by atoms with E-state index in [1.165, 1.54) is 32.3 Å². The first-order chi connectivity index (χ1) is 29.1. The zero-order valence-corrected chi connectivity index (χ0v) is 32.5. The summed E-state index contributed by atoms with van der Waals surface area (Å²) in [6, 6.07) is 59.2. The molecular weight excluding hydrogens is 721 g/mol. The van der Waals surface area contributed by atoms with Crippen LogP contribution in [-0.4, -0.2) is 19.9 Å². The molecule has 5 nitrogen and oxygen atoms in total. The molecule has 3 heterocycles. The summed E-state index contributed by atoms with van der Waals surface area (Å²) in [5.41, 5.74) is 9.32. The Morgan fingerprint density at radius 3 is 1.39 bits per heavy atom. The molecule has 0 aliphatic rings. The fourth-order valence-corrected chi connectivity index (χ4v) is 8.58. The van der Waals surface area contributed by atoms with E-state index in [4.69, 9.17) is 24.4 Å². The maximum absolute atomic E-state index is 6.68. The average Bonchev–Trinajstić information content (AvgIpc) is 3.71. The smallest absolute Gasteiger partial charge is 0.164 e. The van der Waals surface area contributed by atoms with Crippen molar-refractivity contribution in [1.29, 1.82) is 0 Å². The zero-order chi connectivity index (χ0) is 39.5. The van der Waals surface area contributed by atoms with Crippen molar-refractivity contribution >= 4 is 66.3 Å². The number of hydrogen-bond donors (Lipinski definition) is 0. The molecule has 0 spiro atoms. The molecule has 8 aromatic carbocycles. The second kappa shape index (κ2) is 14.0. The van der Waals surface area contributed by atoms with Gasteiger partial charge in [0.1, 0.15) is 11.1 Å². The summed E-state index contributed by atoms with van der Waals surface area (Å²) in [5.74, 6) is 1.90. The molecule has 0 radical (unpaired) electrons. The van der Waals surface area contributed by atoms with E-state index in [-0.39, 0.29) is 0 Å². The predicted octanol–water partition coefficient (Wildman–Crippen LogP) is 12.6. The van der Waals surface area contributed by atoms with Crippen molar-refractivity contribution in [2.45, 2.75) is 13.8 Å². The molecule has 59 heavy (non-hydrogen) atoms. The lowest BCUT2D eigenvalue weighted by atomic mass is 9.92. The summed E-state index contributed by atoms with van der Waals surface area (Å²) < 4.78 is 6.68. The Morgan fingerprint density at radius 1 is 0.373 bits per heavy atom. The maximum Gasteiger partial charge on any atom is 0.164 e. The highest BCUT2D eigenvalue weighted by Crippen LogP contribution is 2.39. The number of hydrogen-bond acceptors (Lipinski definition) is 5. The van der Waals surface area contributed by atoms with E-state index in [1.807, 2.05) is 73.7 Å². The van der Waals surface area contributed by atoms with Gasteiger partial charge in [0.15, 0.2) is 23.1 Å². The normalized spacial score (nSPS) is 12.4. The van der Waals surface area contributed by atoms with E-state index in [1.54, 1.807) is 0 Å². The molecule has 0 bridgehead atoms. The zero-order valence-electron chi connectivity index (χ0n) is 32.5. The van der Waals surface area contributed by atoms with E-state index in [9.17, 15) is 0 Å². The first-order valence-electron chi connectivity index (χ1n) is 20.0. The van der Waals surface area contributed by atoms with Gasteiger partial charge in [0, 0.05) is 38.2 Å². The van der Waals surface area contributed by atoms with Crippen molar-refractivity contribution in [2.75, 3.05) is 0 Å². The third kappa shape index (κ3) is 5.78. The van der Waals surface area contributed by atoms with Crippen LogP contribution in [0.4, 0.5) is 0 Å². The summed E-state index contributed by atoms with van der Waals surface area (Å²) in [4.78, 5) is 20.2. The average molecular weight is 757 g/mol. The largest absolute Gasteiger partial charge is 0.454 e. The minimum Gasteiger partial charge on any atom is -0.454 e. The van der Waals surface area contributed by atoms with Gasteiger partial charge in [-0.15, -0.1) is 0 Å². The van der Waals surface area contributed by atoms with Crippen LogP contribution in [-0.2, 0) is 0 Å². The summed E-state index contributed by atoms with van der Waals surface area (Å²) in [5, 5.41) is 10.6. The van der Waals surface area contributed by atoms with Crippen LogP contribution in [0.5, 0.6) is 0 Å².